The van der Waals surface area contributed by atoms with Gasteiger partial charge in [-0.3, -0.25) is 4.79 Å². The van der Waals surface area contributed by atoms with Crippen LogP contribution in [0.25, 0.3) is 0 Å². The fourth-order valence-electron chi connectivity index (χ4n) is 5.44. The number of methoxy groups -OCH3 is 1. The predicted molar refractivity (Wildman–Crippen MR) is 59.4 cm³/mol. The van der Waals surface area contributed by atoms with Gasteiger partial charge in [0.15, 0.2) is 0 Å². The van der Waals surface area contributed by atoms with E-state index in [0.29, 0.717) is 5.92 Å². The number of hydrogen-bond acceptors (Lipinski definition) is 2. The summed E-state index contributed by atoms with van der Waals surface area (Å²) in [7, 11) is 1.53. The van der Waals surface area contributed by atoms with Crippen LogP contribution >= 0.6 is 0 Å². The Labute approximate surface area is 96.0 Å². The second-order valence-corrected chi connectivity index (χ2v) is 6.13. The van der Waals surface area contributed by atoms with Gasteiger partial charge in [0, 0.05) is 0 Å². The molecule has 4 aliphatic carbocycles. The Bertz CT molecular complexity index is 373. The van der Waals surface area contributed by atoms with Gasteiger partial charge < -0.3 is 4.74 Å². The lowest BCUT2D eigenvalue weighted by Crippen LogP contribution is -2.34. The van der Waals surface area contributed by atoms with Crippen molar-refractivity contribution in [2.45, 2.75) is 19.3 Å². The van der Waals surface area contributed by atoms with Crippen LogP contribution in [0.15, 0.2) is 12.2 Å². The SMILES string of the molecule is COC(=O)C1CC2CC1C1C3C=CC(C3)C21. The van der Waals surface area contributed by atoms with E-state index in [1.54, 1.807) is 0 Å². The normalized spacial score (nSPS) is 55.7. The van der Waals surface area contributed by atoms with Gasteiger partial charge in [0.2, 0.25) is 0 Å². The lowest BCUT2D eigenvalue weighted by atomic mass is 9.69. The molecule has 0 radical (unpaired) electrons. The van der Waals surface area contributed by atoms with Crippen LogP contribution < -0.4 is 0 Å². The molecule has 0 amide bonds. The zero-order chi connectivity index (χ0) is 10.9. The zero-order valence-electron chi connectivity index (χ0n) is 9.63. The fourth-order valence-corrected chi connectivity index (χ4v) is 5.44. The Kier molecular flexibility index (Phi) is 1.68. The van der Waals surface area contributed by atoms with Crippen molar-refractivity contribution in [3.63, 3.8) is 0 Å². The molecule has 0 saturated heterocycles. The predicted octanol–water partition coefficient (Wildman–Crippen LogP) is 2.25. The standard InChI is InChI=1S/C14H18O2/c1-16-14(15)11-6-9-5-10(11)13-8-3-2-7(4-8)12(9)13/h2-3,7-13H,4-6H2,1H3. The smallest absolute Gasteiger partial charge is 0.308 e. The minimum Gasteiger partial charge on any atom is -0.469 e. The molecule has 4 bridgehead atoms. The molecule has 7 unspecified atom stereocenters. The number of esters is 1. The quantitative estimate of drug-likeness (QED) is 0.383. The average molecular weight is 218 g/mol. The molecular formula is C14H18O2. The topological polar surface area (TPSA) is 26.3 Å². The molecule has 0 aliphatic heterocycles. The van der Waals surface area contributed by atoms with Gasteiger partial charge in [-0.1, -0.05) is 12.2 Å². The number of carbonyl (C=O) groups excluding carboxylic acids is 1. The molecular weight excluding hydrogens is 200 g/mol. The first-order valence-corrected chi connectivity index (χ1v) is 6.55. The summed E-state index contributed by atoms with van der Waals surface area (Å²) in [6.45, 7) is 0. The first-order chi connectivity index (χ1) is 7.79. The Morgan fingerprint density at radius 2 is 1.88 bits per heavy atom. The fraction of sp³-hybridized carbons (Fsp3) is 0.786. The molecule has 2 heteroatoms. The molecule has 3 saturated carbocycles. The third-order valence-corrected chi connectivity index (χ3v) is 5.77. The van der Waals surface area contributed by atoms with Crippen LogP contribution in [-0.4, -0.2) is 13.1 Å². The van der Waals surface area contributed by atoms with E-state index in [4.69, 9.17) is 4.74 Å². The van der Waals surface area contributed by atoms with Crippen molar-refractivity contribution in [1.29, 1.82) is 0 Å². The van der Waals surface area contributed by atoms with Gasteiger partial charge in [-0.15, -0.1) is 0 Å². The van der Waals surface area contributed by atoms with Gasteiger partial charge >= 0.3 is 5.97 Å². The van der Waals surface area contributed by atoms with Gasteiger partial charge in [-0.25, -0.2) is 0 Å². The Hall–Kier alpha value is -0.790. The van der Waals surface area contributed by atoms with Crippen LogP contribution in [-0.2, 0) is 9.53 Å². The second-order valence-electron chi connectivity index (χ2n) is 6.13. The van der Waals surface area contributed by atoms with Crippen molar-refractivity contribution in [3.8, 4) is 0 Å². The molecule has 16 heavy (non-hydrogen) atoms. The van der Waals surface area contributed by atoms with E-state index >= 15 is 0 Å². The van der Waals surface area contributed by atoms with E-state index in [1.165, 1.54) is 20.0 Å². The molecule has 7 atom stereocenters. The van der Waals surface area contributed by atoms with Crippen LogP contribution in [0.1, 0.15) is 19.3 Å². The summed E-state index contributed by atoms with van der Waals surface area (Å²) in [5, 5.41) is 0. The third kappa shape index (κ3) is 0.922. The van der Waals surface area contributed by atoms with Gasteiger partial charge in [0.25, 0.3) is 0 Å². The number of carbonyl (C=O) groups is 1. The molecule has 0 spiro atoms. The largest absolute Gasteiger partial charge is 0.469 e. The highest BCUT2D eigenvalue weighted by atomic mass is 16.5. The summed E-state index contributed by atoms with van der Waals surface area (Å²) in [5.41, 5.74) is 0. The van der Waals surface area contributed by atoms with E-state index in [0.717, 1.165) is 36.0 Å². The highest BCUT2D eigenvalue weighted by Gasteiger charge is 2.62. The van der Waals surface area contributed by atoms with E-state index in [2.05, 4.69) is 12.2 Å². The average Bonchev–Trinajstić information content (AvgIpc) is 3.03. The summed E-state index contributed by atoms with van der Waals surface area (Å²) >= 11 is 0. The van der Waals surface area contributed by atoms with Crippen molar-refractivity contribution < 1.29 is 9.53 Å². The molecule has 0 N–H and O–H groups in total. The first-order valence-electron chi connectivity index (χ1n) is 6.55. The highest BCUT2D eigenvalue weighted by molar-refractivity contribution is 5.73. The number of rotatable bonds is 1. The van der Waals surface area contributed by atoms with Crippen molar-refractivity contribution in [3.05, 3.63) is 12.2 Å². The van der Waals surface area contributed by atoms with Crippen LogP contribution in [0.4, 0.5) is 0 Å². The molecule has 0 heterocycles. The minimum absolute atomic E-state index is 0.0534. The van der Waals surface area contributed by atoms with Crippen LogP contribution in [0.5, 0.6) is 0 Å². The maximum absolute atomic E-state index is 11.8. The van der Waals surface area contributed by atoms with E-state index in [1.807, 2.05) is 0 Å². The Morgan fingerprint density at radius 1 is 1.12 bits per heavy atom. The molecule has 4 aliphatic rings. The summed E-state index contributed by atoms with van der Waals surface area (Å²) in [4.78, 5) is 11.8. The Morgan fingerprint density at radius 3 is 2.62 bits per heavy atom. The maximum Gasteiger partial charge on any atom is 0.308 e. The molecule has 0 aromatic rings. The van der Waals surface area contributed by atoms with Gasteiger partial charge in [-0.05, 0) is 54.8 Å². The number of hydrogen-bond donors (Lipinski definition) is 0. The molecule has 3 fully saturated rings. The molecule has 4 rings (SSSR count). The van der Waals surface area contributed by atoms with Crippen molar-refractivity contribution in [1.82, 2.24) is 0 Å². The van der Waals surface area contributed by atoms with Crippen molar-refractivity contribution >= 4 is 5.97 Å². The highest BCUT2D eigenvalue weighted by Crippen LogP contribution is 2.66. The summed E-state index contributed by atoms with van der Waals surface area (Å²) in [5.74, 6) is 5.11. The minimum atomic E-state index is 0.0534. The second kappa shape index (κ2) is 2.91. The monoisotopic (exact) mass is 218 g/mol. The summed E-state index contributed by atoms with van der Waals surface area (Å²) in [6, 6.07) is 0. The molecule has 0 aromatic heterocycles. The van der Waals surface area contributed by atoms with E-state index in [-0.39, 0.29) is 11.9 Å². The van der Waals surface area contributed by atoms with Gasteiger partial charge in [-0.2, -0.15) is 0 Å². The number of allylic oxidation sites excluding steroid dienone is 2. The zero-order valence-corrected chi connectivity index (χ0v) is 9.63. The third-order valence-electron chi connectivity index (χ3n) is 5.77. The van der Waals surface area contributed by atoms with Gasteiger partial charge in [0.1, 0.15) is 0 Å². The number of fused-ring (bicyclic) bond motifs is 9. The summed E-state index contributed by atoms with van der Waals surface area (Å²) in [6.07, 6.45) is 8.64. The lowest BCUT2D eigenvalue weighted by Gasteiger charge is -2.35. The molecule has 86 valence electrons. The lowest BCUT2D eigenvalue weighted by molar-refractivity contribution is -0.148. The van der Waals surface area contributed by atoms with E-state index in [9.17, 15) is 4.79 Å². The maximum atomic E-state index is 11.8. The van der Waals surface area contributed by atoms with Crippen molar-refractivity contribution in [2.75, 3.05) is 7.11 Å². The van der Waals surface area contributed by atoms with Crippen LogP contribution in [0, 0.1) is 41.4 Å². The van der Waals surface area contributed by atoms with E-state index < -0.39 is 0 Å². The number of ether oxygens (including phenoxy) is 1. The first kappa shape index (κ1) is 9.26. The van der Waals surface area contributed by atoms with Gasteiger partial charge in [0.05, 0.1) is 13.0 Å². The molecule has 0 aromatic carbocycles. The van der Waals surface area contributed by atoms with Crippen LogP contribution in [0.2, 0.25) is 0 Å². The van der Waals surface area contributed by atoms with Crippen molar-refractivity contribution in [2.24, 2.45) is 41.4 Å². The molecule has 2 nitrogen and oxygen atoms in total. The van der Waals surface area contributed by atoms with Crippen LogP contribution in [0.3, 0.4) is 0 Å². The summed E-state index contributed by atoms with van der Waals surface area (Å²) < 4.78 is 4.96. The Balaban J connectivity index is 1.66.